The number of halogens is 2. The second-order valence-corrected chi connectivity index (χ2v) is 6.95. The fourth-order valence-corrected chi connectivity index (χ4v) is 3.06. The molecule has 0 saturated carbocycles. The third-order valence-electron chi connectivity index (χ3n) is 3.83. The van der Waals surface area contributed by atoms with Crippen molar-refractivity contribution in [3.05, 3.63) is 69.8 Å². The van der Waals surface area contributed by atoms with Crippen LogP contribution in [0.15, 0.2) is 48.5 Å². The Bertz CT molecular complexity index is 865. The third-order valence-corrected chi connectivity index (χ3v) is 4.42. The number of hydrogen-bond donors (Lipinski definition) is 2. The fraction of sp³-hybridized carbons (Fsp3) is 0.263. The lowest BCUT2D eigenvalue weighted by Crippen LogP contribution is -2.24. The molecule has 0 spiro atoms. The van der Waals surface area contributed by atoms with Gasteiger partial charge in [-0.05, 0) is 24.6 Å². The summed E-state index contributed by atoms with van der Waals surface area (Å²) >= 11 is 12.2. The number of hydrogen-bond acceptors (Lipinski definition) is 4. The van der Waals surface area contributed by atoms with Crippen LogP contribution in [-0.2, 0) is 13.1 Å². The molecule has 0 radical (unpaired) electrons. The van der Waals surface area contributed by atoms with Crippen LogP contribution in [0, 0.1) is 0 Å². The van der Waals surface area contributed by atoms with Gasteiger partial charge in [0.25, 0.3) is 0 Å². The lowest BCUT2D eigenvalue weighted by molar-refractivity contribution is 0.191. The first-order chi connectivity index (χ1) is 12.5. The molecule has 2 N–H and O–H groups in total. The van der Waals surface area contributed by atoms with Gasteiger partial charge >= 0.3 is 0 Å². The number of benzene rings is 2. The summed E-state index contributed by atoms with van der Waals surface area (Å²) in [5.74, 6) is 0. The van der Waals surface area contributed by atoms with Crippen molar-refractivity contribution in [3.63, 3.8) is 0 Å². The zero-order valence-electron chi connectivity index (χ0n) is 14.4. The van der Waals surface area contributed by atoms with Crippen LogP contribution in [0.3, 0.4) is 0 Å². The molecule has 0 amide bonds. The second-order valence-electron chi connectivity index (χ2n) is 6.11. The molecular weight excluding hydrogens is 371 g/mol. The van der Waals surface area contributed by atoms with Crippen molar-refractivity contribution in [1.82, 2.24) is 20.3 Å². The van der Waals surface area contributed by atoms with Crippen LogP contribution >= 0.6 is 23.2 Å². The molecule has 1 atom stereocenters. The maximum absolute atomic E-state index is 9.44. The molecule has 2 aromatic carbocycles. The molecule has 0 unspecified atom stereocenters. The van der Waals surface area contributed by atoms with Crippen molar-refractivity contribution in [2.24, 2.45) is 0 Å². The minimum atomic E-state index is -0.418. The first-order valence-electron chi connectivity index (χ1n) is 8.35. The number of rotatable bonds is 7. The predicted molar refractivity (Wildman–Crippen MR) is 104 cm³/mol. The van der Waals surface area contributed by atoms with Crippen LogP contribution in [0.2, 0.25) is 10.0 Å². The van der Waals surface area contributed by atoms with Crippen molar-refractivity contribution in [2.45, 2.75) is 26.1 Å². The Morgan fingerprint density at radius 2 is 1.88 bits per heavy atom. The van der Waals surface area contributed by atoms with Crippen LogP contribution in [-0.4, -0.2) is 32.7 Å². The molecule has 1 aromatic heterocycles. The van der Waals surface area contributed by atoms with Crippen LogP contribution in [0.5, 0.6) is 0 Å². The van der Waals surface area contributed by atoms with Gasteiger partial charge in [0.1, 0.15) is 11.4 Å². The maximum Gasteiger partial charge on any atom is 0.117 e. The Kier molecular flexibility index (Phi) is 6.27. The smallest absolute Gasteiger partial charge is 0.117 e. The molecule has 7 heteroatoms. The minimum Gasteiger partial charge on any atom is -0.392 e. The van der Waals surface area contributed by atoms with E-state index in [0.717, 1.165) is 22.5 Å². The molecule has 0 bridgehead atoms. The topological polar surface area (TPSA) is 63.0 Å². The van der Waals surface area contributed by atoms with Gasteiger partial charge in [0, 0.05) is 28.7 Å². The zero-order valence-corrected chi connectivity index (χ0v) is 15.9. The highest BCUT2D eigenvalue weighted by Gasteiger charge is 2.14. The Balaban J connectivity index is 1.87. The Hall–Kier alpha value is -1.92. The highest BCUT2D eigenvalue weighted by atomic mass is 35.5. The standard InChI is InChI=1S/C19H20Cl2N4O/c1-13(26)10-22-11-18-19(14-5-3-2-4-6-14)24-25(23-18)12-15-7-8-16(20)9-17(15)21/h2-9,13,22,26H,10-12H2,1H3/t13-/m1/s1. The Labute approximate surface area is 162 Å². The van der Waals surface area contributed by atoms with Crippen molar-refractivity contribution < 1.29 is 5.11 Å². The van der Waals surface area contributed by atoms with E-state index in [-0.39, 0.29) is 0 Å². The second kappa shape index (κ2) is 8.64. The SMILES string of the molecule is C[C@@H](O)CNCc1nn(Cc2ccc(Cl)cc2Cl)nc1-c1ccccc1. The van der Waals surface area contributed by atoms with Gasteiger partial charge in [0.15, 0.2) is 0 Å². The van der Waals surface area contributed by atoms with Crippen molar-refractivity contribution in [3.8, 4) is 11.3 Å². The highest BCUT2D eigenvalue weighted by molar-refractivity contribution is 6.35. The van der Waals surface area contributed by atoms with Crippen LogP contribution in [0.4, 0.5) is 0 Å². The molecule has 3 rings (SSSR count). The van der Waals surface area contributed by atoms with Crippen LogP contribution < -0.4 is 5.32 Å². The molecule has 0 aliphatic carbocycles. The molecule has 0 saturated heterocycles. The maximum atomic E-state index is 9.44. The molecule has 1 heterocycles. The largest absolute Gasteiger partial charge is 0.392 e. The van der Waals surface area contributed by atoms with Crippen molar-refractivity contribution in [2.75, 3.05) is 6.54 Å². The highest BCUT2D eigenvalue weighted by Crippen LogP contribution is 2.23. The van der Waals surface area contributed by atoms with E-state index in [2.05, 4.69) is 15.5 Å². The van der Waals surface area contributed by atoms with E-state index >= 15 is 0 Å². The van der Waals surface area contributed by atoms with Gasteiger partial charge in [0.05, 0.1) is 12.6 Å². The average Bonchev–Trinajstić information content (AvgIpc) is 3.01. The molecule has 0 aliphatic rings. The predicted octanol–water partition coefficient (Wildman–Crippen LogP) is 3.77. The van der Waals surface area contributed by atoms with Crippen molar-refractivity contribution >= 4 is 23.2 Å². The third kappa shape index (κ3) is 4.83. The number of nitrogens with one attached hydrogen (secondary N) is 1. The first-order valence-corrected chi connectivity index (χ1v) is 9.10. The summed E-state index contributed by atoms with van der Waals surface area (Å²) in [6, 6.07) is 15.3. The van der Waals surface area contributed by atoms with Gasteiger partial charge in [-0.15, -0.1) is 0 Å². The van der Waals surface area contributed by atoms with E-state index in [0.29, 0.717) is 29.7 Å². The van der Waals surface area contributed by atoms with E-state index in [9.17, 15) is 5.11 Å². The van der Waals surface area contributed by atoms with Crippen molar-refractivity contribution in [1.29, 1.82) is 0 Å². The summed E-state index contributed by atoms with van der Waals surface area (Å²) in [6.07, 6.45) is -0.418. The summed E-state index contributed by atoms with van der Waals surface area (Å²) < 4.78 is 0. The van der Waals surface area contributed by atoms with Gasteiger partial charge in [-0.3, -0.25) is 0 Å². The van der Waals surface area contributed by atoms with Crippen LogP contribution in [0.25, 0.3) is 11.3 Å². The summed E-state index contributed by atoms with van der Waals surface area (Å²) in [5.41, 5.74) is 3.53. The summed E-state index contributed by atoms with van der Waals surface area (Å²) in [4.78, 5) is 1.64. The molecule has 136 valence electrons. The number of aliphatic hydroxyl groups excluding tert-OH is 1. The number of nitrogens with zero attached hydrogens (tertiary/aromatic N) is 3. The fourth-order valence-electron chi connectivity index (χ4n) is 2.59. The summed E-state index contributed by atoms with van der Waals surface area (Å²) in [7, 11) is 0. The average molecular weight is 391 g/mol. The molecular formula is C19H20Cl2N4O. The number of aromatic nitrogens is 3. The van der Waals surface area contributed by atoms with Gasteiger partial charge in [0.2, 0.25) is 0 Å². The first kappa shape index (κ1) is 18.9. The summed E-state index contributed by atoms with van der Waals surface area (Å²) in [6.45, 7) is 3.20. The monoisotopic (exact) mass is 390 g/mol. The normalized spacial score (nSPS) is 12.3. The van der Waals surface area contributed by atoms with Gasteiger partial charge in [-0.1, -0.05) is 59.6 Å². The molecule has 5 nitrogen and oxygen atoms in total. The Morgan fingerprint density at radius 1 is 1.12 bits per heavy atom. The van der Waals surface area contributed by atoms with Gasteiger partial charge in [-0.25, -0.2) is 0 Å². The van der Waals surface area contributed by atoms with Gasteiger partial charge in [-0.2, -0.15) is 15.0 Å². The summed E-state index contributed by atoms with van der Waals surface area (Å²) in [5, 5.41) is 23.1. The minimum absolute atomic E-state index is 0.418. The zero-order chi connectivity index (χ0) is 18.5. The Morgan fingerprint density at radius 3 is 2.58 bits per heavy atom. The molecule has 0 aliphatic heterocycles. The van der Waals surface area contributed by atoms with E-state index in [4.69, 9.17) is 23.2 Å². The molecule has 0 fully saturated rings. The van der Waals surface area contributed by atoms with E-state index < -0.39 is 6.10 Å². The van der Waals surface area contributed by atoms with E-state index in [1.165, 1.54) is 0 Å². The van der Waals surface area contributed by atoms with E-state index in [1.54, 1.807) is 23.9 Å². The lowest BCUT2D eigenvalue weighted by atomic mass is 10.1. The molecule has 26 heavy (non-hydrogen) atoms. The molecule has 3 aromatic rings. The lowest BCUT2D eigenvalue weighted by Gasteiger charge is -2.06. The van der Waals surface area contributed by atoms with Gasteiger partial charge < -0.3 is 10.4 Å². The quantitative estimate of drug-likeness (QED) is 0.644. The van der Waals surface area contributed by atoms with Crippen LogP contribution in [0.1, 0.15) is 18.2 Å². The number of aliphatic hydroxyl groups is 1. The van der Waals surface area contributed by atoms with E-state index in [1.807, 2.05) is 36.4 Å².